The van der Waals surface area contributed by atoms with Gasteiger partial charge in [-0.15, -0.1) is 0 Å². The van der Waals surface area contributed by atoms with Crippen LogP contribution in [0, 0.1) is 6.92 Å². The van der Waals surface area contributed by atoms with E-state index in [9.17, 15) is 18.0 Å². The highest BCUT2D eigenvalue weighted by atomic mass is 35.5. The highest BCUT2D eigenvalue weighted by molar-refractivity contribution is 7.92. The molecule has 0 heterocycles. The van der Waals surface area contributed by atoms with Crippen molar-refractivity contribution in [1.82, 2.24) is 10.2 Å². The van der Waals surface area contributed by atoms with Crippen LogP contribution in [0.1, 0.15) is 30.5 Å². The van der Waals surface area contributed by atoms with E-state index in [0.717, 1.165) is 15.4 Å². The summed E-state index contributed by atoms with van der Waals surface area (Å²) in [5.41, 5.74) is 2.60. The maximum Gasteiger partial charge on any atom is 0.264 e. The fraction of sp³-hybridized carbons (Fsp3) is 0.257. The molecule has 0 aliphatic carbocycles. The predicted octanol–water partition coefficient (Wildman–Crippen LogP) is 6.67. The van der Waals surface area contributed by atoms with Crippen LogP contribution in [0.5, 0.6) is 5.75 Å². The zero-order valence-corrected chi connectivity index (χ0v) is 28.4. The molecule has 4 aromatic carbocycles. The van der Waals surface area contributed by atoms with Gasteiger partial charge in [0.15, 0.2) is 0 Å². The lowest BCUT2D eigenvalue weighted by Gasteiger charge is -2.34. The third kappa shape index (κ3) is 8.81. The summed E-state index contributed by atoms with van der Waals surface area (Å²) in [4.78, 5) is 29.7. The zero-order valence-electron chi connectivity index (χ0n) is 26.1. The van der Waals surface area contributed by atoms with Crippen LogP contribution in [0.25, 0.3) is 0 Å². The number of nitrogens with one attached hydrogen (secondary N) is 1. The molecule has 2 amide bonds. The molecule has 0 aromatic heterocycles. The van der Waals surface area contributed by atoms with Gasteiger partial charge in [-0.05, 0) is 74.4 Å². The third-order valence-corrected chi connectivity index (χ3v) is 9.61. The molecule has 0 radical (unpaired) electrons. The molecule has 1 atom stereocenters. The normalized spacial score (nSPS) is 12.0. The number of hydrogen-bond acceptors (Lipinski definition) is 5. The molecule has 0 aliphatic heterocycles. The van der Waals surface area contributed by atoms with E-state index in [1.165, 1.54) is 36.3 Å². The monoisotopic (exact) mass is 681 g/mol. The number of carbonyl (C=O) groups is 2. The molecule has 11 heteroatoms. The van der Waals surface area contributed by atoms with E-state index in [2.05, 4.69) is 5.32 Å². The number of hydrogen-bond donors (Lipinski definition) is 1. The Bertz CT molecular complexity index is 1750. The summed E-state index contributed by atoms with van der Waals surface area (Å²) in [6.45, 7) is 4.95. The van der Waals surface area contributed by atoms with Gasteiger partial charge in [-0.2, -0.15) is 0 Å². The van der Waals surface area contributed by atoms with Crippen LogP contribution < -0.4 is 14.4 Å². The second kappa shape index (κ2) is 15.5. The number of benzene rings is 4. The minimum Gasteiger partial charge on any atom is -0.495 e. The summed E-state index contributed by atoms with van der Waals surface area (Å²) < 4.78 is 34.7. The second-order valence-corrected chi connectivity index (χ2v) is 13.9. The number of nitrogens with zero attached hydrogens (tertiary/aromatic N) is 2. The van der Waals surface area contributed by atoms with Gasteiger partial charge in [0, 0.05) is 24.0 Å². The minimum atomic E-state index is -4.27. The Morgan fingerprint density at radius 2 is 1.52 bits per heavy atom. The molecular formula is C35H37Cl2N3O5S. The lowest BCUT2D eigenvalue weighted by Crippen LogP contribution is -2.54. The number of methoxy groups -OCH3 is 1. The van der Waals surface area contributed by atoms with Gasteiger partial charge < -0.3 is 15.0 Å². The topological polar surface area (TPSA) is 96.0 Å². The van der Waals surface area contributed by atoms with Crippen molar-refractivity contribution in [3.8, 4) is 5.75 Å². The summed E-state index contributed by atoms with van der Waals surface area (Å²) in [7, 11) is -2.82. The van der Waals surface area contributed by atoms with Crippen LogP contribution in [0.15, 0.2) is 102 Å². The number of halogens is 2. The molecule has 0 saturated heterocycles. The van der Waals surface area contributed by atoms with Gasteiger partial charge in [0.1, 0.15) is 18.3 Å². The van der Waals surface area contributed by atoms with Gasteiger partial charge in [-0.3, -0.25) is 13.9 Å². The highest BCUT2D eigenvalue weighted by Crippen LogP contribution is 2.32. The minimum absolute atomic E-state index is 0.000443. The molecule has 46 heavy (non-hydrogen) atoms. The second-order valence-electron chi connectivity index (χ2n) is 11.2. The van der Waals surface area contributed by atoms with Crippen molar-refractivity contribution in [3.05, 3.63) is 124 Å². The number of aryl methyl sites for hydroxylation is 1. The summed E-state index contributed by atoms with van der Waals surface area (Å²) in [6, 6.07) is 26.0. The number of sulfonamides is 1. The van der Waals surface area contributed by atoms with Gasteiger partial charge in [-0.25, -0.2) is 8.42 Å². The van der Waals surface area contributed by atoms with Crippen molar-refractivity contribution >= 4 is 50.7 Å². The Kier molecular flexibility index (Phi) is 11.7. The Morgan fingerprint density at radius 1 is 0.870 bits per heavy atom. The number of rotatable bonds is 13. The van der Waals surface area contributed by atoms with E-state index in [0.29, 0.717) is 16.3 Å². The van der Waals surface area contributed by atoms with Gasteiger partial charge in [-0.1, -0.05) is 83.4 Å². The third-order valence-electron chi connectivity index (χ3n) is 7.28. The van der Waals surface area contributed by atoms with Gasteiger partial charge in [0.05, 0.1) is 22.7 Å². The summed E-state index contributed by atoms with van der Waals surface area (Å²) in [5.74, 6) is -0.596. The lowest BCUT2D eigenvalue weighted by molar-refractivity contribution is -0.140. The molecular weight excluding hydrogens is 645 g/mol. The first-order chi connectivity index (χ1) is 21.9. The van der Waals surface area contributed by atoms with Crippen molar-refractivity contribution in [2.75, 3.05) is 18.0 Å². The van der Waals surface area contributed by atoms with Gasteiger partial charge in [0.25, 0.3) is 10.0 Å². The number of ether oxygens (including phenoxy) is 1. The largest absolute Gasteiger partial charge is 0.495 e. The fourth-order valence-corrected chi connectivity index (χ4v) is 6.68. The van der Waals surface area contributed by atoms with Crippen LogP contribution in [0.3, 0.4) is 0 Å². The van der Waals surface area contributed by atoms with Crippen LogP contribution in [0.4, 0.5) is 5.69 Å². The molecule has 0 fully saturated rings. The number of carbonyl (C=O) groups excluding carboxylic acids is 2. The van der Waals surface area contributed by atoms with Gasteiger partial charge >= 0.3 is 0 Å². The van der Waals surface area contributed by atoms with Crippen LogP contribution in [-0.2, 0) is 32.6 Å². The standard InChI is InChI=1S/C35H37Cl2N3O5S/c1-24(2)38-35(42)32(20-26-8-6-5-7-9-26)39(22-27-12-14-28(36)15-13-27)34(41)23-40(29-16-19-33(45-4)31(37)21-29)46(43,44)30-17-10-25(3)11-18-30/h5-19,21,24,32H,20,22-23H2,1-4H3,(H,38,42). The molecule has 1 unspecified atom stereocenters. The molecule has 0 saturated carbocycles. The number of anilines is 1. The molecule has 242 valence electrons. The van der Waals surface area contributed by atoms with Crippen molar-refractivity contribution in [3.63, 3.8) is 0 Å². The van der Waals surface area contributed by atoms with E-state index in [-0.39, 0.29) is 40.5 Å². The first-order valence-corrected chi connectivity index (χ1v) is 16.9. The maximum absolute atomic E-state index is 14.5. The summed E-state index contributed by atoms with van der Waals surface area (Å²) >= 11 is 12.6. The Balaban J connectivity index is 1.82. The smallest absolute Gasteiger partial charge is 0.264 e. The summed E-state index contributed by atoms with van der Waals surface area (Å²) in [6.07, 6.45) is 0.206. The van der Waals surface area contributed by atoms with Crippen molar-refractivity contribution in [2.24, 2.45) is 0 Å². The highest BCUT2D eigenvalue weighted by Gasteiger charge is 2.35. The quantitative estimate of drug-likeness (QED) is 0.170. The van der Waals surface area contributed by atoms with Crippen molar-refractivity contribution in [2.45, 2.75) is 50.7 Å². The average molecular weight is 683 g/mol. The van der Waals surface area contributed by atoms with E-state index >= 15 is 0 Å². The van der Waals surface area contributed by atoms with E-state index in [1.807, 2.05) is 51.1 Å². The maximum atomic E-state index is 14.5. The predicted molar refractivity (Wildman–Crippen MR) is 183 cm³/mol. The zero-order chi connectivity index (χ0) is 33.4. The molecule has 8 nitrogen and oxygen atoms in total. The molecule has 0 aliphatic rings. The first kappa shape index (κ1) is 34.8. The average Bonchev–Trinajstić information content (AvgIpc) is 3.02. The van der Waals surface area contributed by atoms with Crippen LogP contribution in [-0.4, -0.2) is 50.9 Å². The van der Waals surface area contributed by atoms with E-state index in [1.54, 1.807) is 42.5 Å². The van der Waals surface area contributed by atoms with Gasteiger partial charge in [0.2, 0.25) is 11.8 Å². The van der Waals surface area contributed by atoms with E-state index < -0.39 is 28.5 Å². The molecule has 1 N–H and O–H groups in total. The molecule has 0 bridgehead atoms. The Labute approximate surface area is 280 Å². The molecule has 0 spiro atoms. The molecule has 4 rings (SSSR count). The number of amides is 2. The van der Waals surface area contributed by atoms with E-state index in [4.69, 9.17) is 27.9 Å². The fourth-order valence-electron chi connectivity index (χ4n) is 4.90. The van der Waals surface area contributed by atoms with Crippen LogP contribution >= 0.6 is 23.2 Å². The SMILES string of the molecule is COc1ccc(N(CC(=O)N(Cc2ccc(Cl)cc2)C(Cc2ccccc2)C(=O)NC(C)C)S(=O)(=O)c2ccc(C)cc2)cc1Cl. The lowest BCUT2D eigenvalue weighted by atomic mass is 10.0. The van der Waals surface area contributed by atoms with Crippen molar-refractivity contribution < 1.29 is 22.7 Å². The first-order valence-electron chi connectivity index (χ1n) is 14.7. The summed E-state index contributed by atoms with van der Waals surface area (Å²) in [5, 5.41) is 3.64. The molecule has 4 aromatic rings. The Hall–Kier alpha value is -4.05. The van der Waals surface area contributed by atoms with Crippen molar-refractivity contribution in [1.29, 1.82) is 0 Å². The van der Waals surface area contributed by atoms with Crippen LogP contribution in [0.2, 0.25) is 10.0 Å². The Morgan fingerprint density at radius 3 is 2.11 bits per heavy atom.